The van der Waals surface area contributed by atoms with E-state index < -0.39 is 0 Å². The van der Waals surface area contributed by atoms with Crippen LogP contribution in [0, 0.1) is 0 Å². The summed E-state index contributed by atoms with van der Waals surface area (Å²) < 4.78 is 7.04. The second-order valence-electron chi connectivity index (χ2n) is 6.65. The van der Waals surface area contributed by atoms with Crippen molar-refractivity contribution in [3.8, 4) is 5.75 Å². The number of hydrogen-bond donors (Lipinski definition) is 1. The minimum Gasteiger partial charge on any atom is -0.484 e. The number of ether oxygens (including phenoxy) is 1. The van der Waals surface area contributed by atoms with Crippen molar-refractivity contribution >= 4 is 11.6 Å². The lowest BCUT2D eigenvalue weighted by Crippen LogP contribution is -2.23. The number of benzene rings is 1. The number of carbonyl (C=O) groups excluding carboxylic acids is 1. The third kappa shape index (κ3) is 4.72. The smallest absolute Gasteiger partial charge is 0.262 e. The van der Waals surface area contributed by atoms with Crippen LogP contribution in [0.5, 0.6) is 5.75 Å². The lowest BCUT2D eigenvalue weighted by Gasteiger charge is -2.19. The predicted molar refractivity (Wildman–Crippen MR) is 95.6 cm³/mol. The highest BCUT2D eigenvalue weighted by Gasteiger charge is 2.13. The molecule has 24 heavy (non-hydrogen) atoms. The van der Waals surface area contributed by atoms with Crippen LogP contribution < -0.4 is 15.6 Å². The predicted octanol–water partition coefficient (Wildman–Crippen LogP) is 3.18. The van der Waals surface area contributed by atoms with Crippen molar-refractivity contribution < 1.29 is 9.53 Å². The summed E-state index contributed by atoms with van der Waals surface area (Å²) in [4.78, 5) is 23.5. The van der Waals surface area contributed by atoms with E-state index in [0.717, 1.165) is 0 Å². The van der Waals surface area contributed by atoms with Gasteiger partial charge in [-0.05, 0) is 36.1 Å². The van der Waals surface area contributed by atoms with Crippen LogP contribution in [0.25, 0.3) is 0 Å². The fourth-order valence-electron chi connectivity index (χ4n) is 2.25. The zero-order chi connectivity index (χ0) is 17.7. The quantitative estimate of drug-likeness (QED) is 0.917. The molecule has 0 saturated heterocycles. The molecular formula is C19H24N2O3. The highest BCUT2D eigenvalue weighted by atomic mass is 16.5. The molecule has 0 aliphatic rings. The highest BCUT2D eigenvalue weighted by Crippen LogP contribution is 2.24. The van der Waals surface area contributed by atoms with Crippen molar-refractivity contribution in [1.29, 1.82) is 0 Å². The Hall–Kier alpha value is -2.56. The summed E-state index contributed by atoms with van der Waals surface area (Å²) in [5, 5.41) is 2.73. The molecule has 0 aliphatic heterocycles. The van der Waals surface area contributed by atoms with Gasteiger partial charge >= 0.3 is 0 Å². The number of anilines is 1. The van der Waals surface area contributed by atoms with E-state index in [2.05, 4.69) is 26.1 Å². The second-order valence-corrected chi connectivity index (χ2v) is 6.65. The summed E-state index contributed by atoms with van der Waals surface area (Å²) in [7, 11) is 0. The summed E-state index contributed by atoms with van der Waals surface area (Å²) in [6.07, 6.45) is 1.62. The molecule has 0 fully saturated rings. The first-order valence-corrected chi connectivity index (χ1v) is 8.03. The van der Waals surface area contributed by atoms with E-state index in [4.69, 9.17) is 4.74 Å². The molecule has 1 aromatic carbocycles. The maximum atomic E-state index is 12.0. The van der Waals surface area contributed by atoms with E-state index in [0.29, 0.717) is 18.0 Å². The van der Waals surface area contributed by atoms with E-state index in [1.165, 1.54) is 16.2 Å². The van der Waals surface area contributed by atoms with Gasteiger partial charge in [-0.25, -0.2) is 0 Å². The number of carbonyl (C=O) groups is 1. The second kappa shape index (κ2) is 7.34. The standard InChI is InChI=1S/C19H24N2O3/c1-5-21-12-15(8-11-18(21)23)20-17(22)13-24-16-9-6-14(7-10-16)19(2,3)4/h6-12H,5,13H2,1-4H3,(H,20,22). The maximum Gasteiger partial charge on any atom is 0.262 e. The van der Waals surface area contributed by atoms with Crippen LogP contribution in [-0.2, 0) is 16.8 Å². The van der Waals surface area contributed by atoms with Crippen LogP contribution in [0.2, 0.25) is 0 Å². The molecule has 0 spiro atoms. The molecule has 1 heterocycles. The number of aryl methyl sites for hydroxylation is 1. The van der Waals surface area contributed by atoms with Crippen molar-refractivity contribution in [2.24, 2.45) is 0 Å². The van der Waals surface area contributed by atoms with Crippen LogP contribution in [0.1, 0.15) is 33.3 Å². The van der Waals surface area contributed by atoms with Crippen molar-refractivity contribution in [3.05, 3.63) is 58.5 Å². The van der Waals surface area contributed by atoms with Gasteiger partial charge < -0.3 is 14.6 Å². The Kier molecular flexibility index (Phi) is 5.44. The Morgan fingerprint density at radius 2 is 1.79 bits per heavy atom. The molecule has 0 radical (unpaired) electrons. The summed E-state index contributed by atoms with van der Waals surface area (Å²) in [5.41, 5.74) is 1.78. The zero-order valence-corrected chi connectivity index (χ0v) is 14.6. The first-order chi connectivity index (χ1) is 11.3. The van der Waals surface area contributed by atoms with Gasteiger partial charge in [-0.15, -0.1) is 0 Å². The van der Waals surface area contributed by atoms with Gasteiger partial charge in [0.15, 0.2) is 6.61 Å². The first-order valence-electron chi connectivity index (χ1n) is 8.03. The summed E-state index contributed by atoms with van der Waals surface area (Å²) in [5.74, 6) is 0.382. The molecule has 2 rings (SSSR count). The van der Waals surface area contributed by atoms with Crippen molar-refractivity contribution in [2.45, 2.75) is 39.7 Å². The molecule has 2 aromatic rings. The molecule has 1 aromatic heterocycles. The van der Waals surface area contributed by atoms with Gasteiger partial charge in [-0.2, -0.15) is 0 Å². The maximum absolute atomic E-state index is 12.0. The molecule has 1 N–H and O–H groups in total. The van der Waals surface area contributed by atoms with E-state index >= 15 is 0 Å². The van der Waals surface area contributed by atoms with Crippen LogP contribution in [-0.4, -0.2) is 17.1 Å². The zero-order valence-electron chi connectivity index (χ0n) is 14.6. The summed E-state index contributed by atoms with van der Waals surface area (Å²) >= 11 is 0. The molecule has 1 amide bonds. The lowest BCUT2D eigenvalue weighted by atomic mass is 9.87. The number of pyridine rings is 1. The lowest BCUT2D eigenvalue weighted by molar-refractivity contribution is -0.118. The van der Waals surface area contributed by atoms with E-state index in [-0.39, 0.29) is 23.5 Å². The molecular weight excluding hydrogens is 304 g/mol. The first kappa shape index (κ1) is 17.8. The molecule has 128 valence electrons. The molecule has 0 atom stereocenters. The Balaban J connectivity index is 1.92. The molecule has 5 heteroatoms. The normalized spacial score (nSPS) is 11.2. The minimum atomic E-state index is -0.267. The third-order valence-electron chi connectivity index (χ3n) is 3.70. The fraction of sp³-hybridized carbons (Fsp3) is 0.368. The van der Waals surface area contributed by atoms with Gasteiger partial charge in [0.05, 0.1) is 5.69 Å². The average molecular weight is 328 g/mol. The highest BCUT2D eigenvalue weighted by molar-refractivity contribution is 5.91. The van der Waals surface area contributed by atoms with Crippen LogP contribution >= 0.6 is 0 Å². The SMILES string of the molecule is CCn1cc(NC(=O)COc2ccc(C(C)(C)C)cc2)ccc1=O. The number of nitrogens with one attached hydrogen (secondary N) is 1. The fourth-order valence-corrected chi connectivity index (χ4v) is 2.25. The van der Waals surface area contributed by atoms with Gasteiger partial charge in [0, 0.05) is 18.8 Å². The Morgan fingerprint density at radius 3 is 2.38 bits per heavy atom. The molecule has 0 unspecified atom stereocenters. The van der Waals surface area contributed by atoms with Gasteiger partial charge in [0.25, 0.3) is 11.5 Å². The summed E-state index contributed by atoms with van der Waals surface area (Å²) in [6.45, 7) is 8.78. The number of aromatic nitrogens is 1. The molecule has 0 bridgehead atoms. The largest absolute Gasteiger partial charge is 0.484 e. The van der Waals surface area contributed by atoms with Gasteiger partial charge in [0.2, 0.25) is 0 Å². The Morgan fingerprint density at radius 1 is 1.12 bits per heavy atom. The molecule has 5 nitrogen and oxygen atoms in total. The van der Waals surface area contributed by atoms with E-state index in [1.54, 1.807) is 12.3 Å². The van der Waals surface area contributed by atoms with Crippen molar-refractivity contribution in [2.75, 3.05) is 11.9 Å². The topological polar surface area (TPSA) is 60.3 Å². The average Bonchev–Trinajstić information content (AvgIpc) is 2.54. The van der Waals surface area contributed by atoms with E-state index in [9.17, 15) is 9.59 Å². The van der Waals surface area contributed by atoms with Crippen molar-refractivity contribution in [1.82, 2.24) is 4.57 Å². The number of amides is 1. The van der Waals surface area contributed by atoms with Crippen LogP contribution in [0.15, 0.2) is 47.4 Å². The van der Waals surface area contributed by atoms with Crippen LogP contribution in [0.3, 0.4) is 0 Å². The van der Waals surface area contributed by atoms with Gasteiger partial charge in [-0.3, -0.25) is 9.59 Å². The summed E-state index contributed by atoms with van der Waals surface area (Å²) in [6, 6.07) is 10.8. The Labute approximate surface area is 142 Å². The minimum absolute atomic E-state index is 0.0816. The van der Waals surface area contributed by atoms with Gasteiger partial charge in [-0.1, -0.05) is 32.9 Å². The van der Waals surface area contributed by atoms with Crippen LogP contribution in [0.4, 0.5) is 5.69 Å². The number of nitrogens with zero attached hydrogens (tertiary/aromatic N) is 1. The third-order valence-corrected chi connectivity index (χ3v) is 3.70. The number of hydrogen-bond acceptors (Lipinski definition) is 3. The molecule has 0 saturated carbocycles. The van der Waals surface area contributed by atoms with Gasteiger partial charge in [0.1, 0.15) is 5.75 Å². The Bertz CT molecular complexity index is 755. The van der Waals surface area contributed by atoms with Crippen molar-refractivity contribution in [3.63, 3.8) is 0 Å². The monoisotopic (exact) mass is 328 g/mol. The van der Waals surface area contributed by atoms with E-state index in [1.807, 2.05) is 31.2 Å². The molecule has 0 aliphatic carbocycles. The number of rotatable bonds is 5.